The highest BCUT2D eigenvalue weighted by Crippen LogP contribution is 2.34. The van der Waals surface area contributed by atoms with Crippen LogP contribution in [0.4, 0.5) is 17.1 Å². The Hall–Kier alpha value is -4.12. The van der Waals surface area contributed by atoms with Gasteiger partial charge >= 0.3 is 0 Å². The molecule has 3 aromatic carbocycles. The average molecular weight is 424 g/mol. The van der Waals surface area contributed by atoms with Gasteiger partial charge in [-0.05, 0) is 67.5 Å². The van der Waals surface area contributed by atoms with E-state index in [1.165, 1.54) is 4.90 Å². The number of hydrogen-bond acceptors (Lipinski definition) is 4. The molecule has 0 aliphatic carbocycles. The largest absolute Gasteiger partial charge is 0.394 e. The van der Waals surface area contributed by atoms with Gasteiger partial charge in [0.1, 0.15) is 5.70 Å². The maximum Gasteiger partial charge on any atom is 0.276 e. The number of benzene rings is 3. The Labute approximate surface area is 188 Å². The Morgan fingerprint density at radius 3 is 1.78 bits per heavy atom. The van der Waals surface area contributed by atoms with Crippen molar-refractivity contribution in [1.29, 1.82) is 0 Å². The van der Waals surface area contributed by atoms with Crippen molar-refractivity contribution in [2.75, 3.05) is 11.4 Å². The summed E-state index contributed by atoms with van der Waals surface area (Å²) in [5.41, 5.74) is 11.0. The Balaban J connectivity index is 1.72. The Morgan fingerprint density at radius 2 is 1.28 bits per heavy atom. The molecule has 1 aliphatic rings. The van der Waals surface area contributed by atoms with Gasteiger partial charge < -0.3 is 10.6 Å². The number of hydrogen-bond donors (Lipinski definition) is 1. The van der Waals surface area contributed by atoms with Crippen LogP contribution in [0, 0.1) is 0 Å². The van der Waals surface area contributed by atoms with E-state index in [-0.39, 0.29) is 18.1 Å². The molecule has 0 unspecified atom stereocenters. The molecule has 1 aliphatic heterocycles. The fourth-order valence-corrected chi connectivity index (χ4v) is 3.79. The van der Waals surface area contributed by atoms with E-state index in [1.54, 1.807) is 19.9 Å². The van der Waals surface area contributed by atoms with Crippen LogP contribution < -0.4 is 10.6 Å². The molecule has 0 bridgehead atoms. The summed E-state index contributed by atoms with van der Waals surface area (Å²) in [5.74, 6) is -0.743. The minimum atomic E-state index is -0.427. The average Bonchev–Trinajstić information content (AvgIpc) is 2.83. The molecule has 0 fully saturated rings. The number of amides is 2. The lowest BCUT2D eigenvalue weighted by atomic mass is 9.96. The molecule has 5 nitrogen and oxygen atoms in total. The summed E-state index contributed by atoms with van der Waals surface area (Å²) in [7, 11) is 0. The summed E-state index contributed by atoms with van der Waals surface area (Å²) in [5, 5.41) is 0. The Morgan fingerprint density at radius 1 is 0.781 bits per heavy atom. The topological polar surface area (TPSA) is 66.6 Å². The van der Waals surface area contributed by atoms with Crippen LogP contribution >= 0.6 is 0 Å². The van der Waals surface area contributed by atoms with E-state index in [2.05, 4.69) is 29.2 Å². The predicted octanol–water partition coefficient (Wildman–Crippen LogP) is 5.16. The maximum absolute atomic E-state index is 12.8. The van der Waals surface area contributed by atoms with Crippen LogP contribution in [-0.2, 0) is 9.59 Å². The Kier molecular flexibility index (Phi) is 5.90. The molecule has 0 spiro atoms. The van der Waals surface area contributed by atoms with Crippen LogP contribution in [0.25, 0.3) is 6.08 Å². The van der Waals surface area contributed by atoms with Crippen LogP contribution in [0.3, 0.4) is 0 Å². The number of likely N-dealkylation sites (N-methyl/N-ethyl adjacent to an activating group) is 1. The summed E-state index contributed by atoms with van der Waals surface area (Å²) in [4.78, 5) is 28.4. The highest BCUT2D eigenvalue weighted by atomic mass is 16.2. The first kappa shape index (κ1) is 21.1. The van der Waals surface area contributed by atoms with E-state index in [1.807, 2.05) is 60.7 Å². The van der Waals surface area contributed by atoms with Gasteiger partial charge in [-0.1, -0.05) is 48.5 Å². The van der Waals surface area contributed by atoms with Crippen molar-refractivity contribution in [3.8, 4) is 0 Å². The summed E-state index contributed by atoms with van der Waals surface area (Å²) in [6.45, 7) is 3.76. The number of imide groups is 1. The lowest BCUT2D eigenvalue weighted by molar-refractivity contribution is -0.140. The third-order valence-electron chi connectivity index (χ3n) is 5.57. The molecular weight excluding hydrogens is 398 g/mol. The fraction of sp³-hybridized carbons (Fsp3) is 0.111. The molecule has 0 saturated heterocycles. The van der Waals surface area contributed by atoms with Gasteiger partial charge in [-0.25, -0.2) is 0 Å². The molecular formula is C27H25N3O2. The van der Waals surface area contributed by atoms with Gasteiger partial charge in [-0.15, -0.1) is 0 Å². The molecule has 160 valence electrons. The SMILES string of the molecule is CCN1C(=O)C(N)=C(C)/C(=C/c2ccc(N(c3ccccc3)c3ccccc3)cc2)C1=O. The lowest BCUT2D eigenvalue weighted by Crippen LogP contribution is -2.44. The second kappa shape index (κ2) is 8.94. The molecule has 4 rings (SSSR count). The van der Waals surface area contributed by atoms with Crippen LogP contribution in [0.15, 0.2) is 102 Å². The minimum Gasteiger partial charge on any atom is -0.394 e. The number of carbonyl (C=O) groups excluding carboxylic acids is 2. The highest BCUT2D eigenvalue weighted by molar-refractivity contribution is 6.17. The van der Waals surface area contributed by atoms with Gasteiger partial charge in [-0.2, -0.15) is 0 Å². The molecule has 2 amide bonds. The van der Waals surface area contributed by atoms with E-state index < -0.39 is 5.91 Å². The zero-order valence-electron chi connectivity index (χ0n) is 18.2. The summed E-state index contributed by atoms with van der Waals surface area (Å²) in [6.07, 6.45) is 1.79. The zero-order valence-corrected chi connectivity index (χ0v) is 18.2. The third kappa shape index (κ3) is 3.93. The highest BCUT2D eigenvalue weighted by Gasteiger charge is 2.32. The van der Waals surface area contributed by atoms with Crippen molar-refractivity contribution in [1.82, 2.24) is 4.90 Å². The van der Waals surface area contributed by atoms with E-state index in [0.717, 1.165) is 22.6 Å². The van der Waals surface area contributed by atoms with Gasteiger partial charge in [0.25, 0.3) is 11.8 Å². The zero-order chi connectivity index (χ0) is 22.7. The molecule has 2 N–H and O–H groups in total. The normalized spacial score (nSPS) is 15.4. The van der Waals surface area contributed by atoms with Crippen molar-refractivity contribution >= 4 is 35.0 Å². The van der Waals surface area contributed by atoms with Gasteiger partial charge in [0.2, 0.25) is 0 Å². The number of nitrogens with zero attached hydrogens (tertiary/aromatic N) is 2. The summed E-state index contributed by atoms with van der Waals surface area (Å²) in [6, 6.07) is 28.3. The number of carbonyl (C=O) groups is 2. The van der Waals surface area contributed by atoms with Crippen molar-refractivity contribution in [2.24, 2.45) is 5.73 Å². The molecule has 0 radical (unpaired) electrons. The van der Waals surface area contributed by atoms with Gasteiger partial charge in [0.05, 0.1) is 0 Å². The summed E-state index contributed by atoms with van der Waals surface area (Å²) < 4.78 is 0. The summed E-state index contributed by atoms with van der Waals surface area (Å²) >= 11 is 0. The van der Waals surface area contributed by atoms with Crippen molar-refractivity contribution < 1.29 is 9.59 Å². The van der Waals surface area contributed by atoms with Crippen molar-refractivity contribution in [3.05, 3.63) is 107 Å². The molecule has 1 heterocycles. The third-order valence-corrected chi connectivity index (χ3v) is 5.57. The first-order chi connectivity index (χ1) is 15.5. The van der Waals surface area contributed by atoms with Crippen molar-refractivity contribution in [3.63, 3.8) is 0 Å². The van der Waals surface area contributed by atoms with Gasteiger partial charge in [-0.3, -0.25) is 14.5 Å². The van der Waals surface area contributed by atoms with E-state index in [0.29, 0.717) is 11.1 Å². The molecule has 0 atom stereocenters. The predicted molar refractivity (Wildman–Crippen MR) is 128 cm³/mol. The standard InChI is InChI=1S/C27H25N3O2/c1-3-29-26(31)24(19(2)25(28)27(29)32)18-20-14-16-23(17-15-20)30(21-10-6-4-7-11-21)22-12-8-5-9-13-22/h4-18H,3,28H2,1-2H3/b24-18-. The first-order valence-corrected chi connectivity index (χ1v) is 10.6. The molecule has 3 aromatic rings. The van der Waals surface area contributed by atoms with E-state index in [4.69, 9.17) is 5.73 Å². The van der Waals surface area contributed by atoms with Crippen LogP contribution in [-0.4, -0.2) is 23.3 Å². The second-order valence-corrected chi connectivity index (χ2v) is 7.55. The smallest absolute Gasteiger partial charge is 0.276 e. The van der Waals surface area contributed by atoms with Crippen LogP contribution in [0.5, 0.6) is 0 Å². The second-order valence-electron chi connectivity index (χ2n) is 7.55. The van der Waals surface area contributed by atoms with E-state index in [9.17, 15) is 9.59 Å². The number of para-hydroxylation sites is 2. The molecule has 0 saturated carbocycles. The lowest BCUT2D eigenvalue weighted by Gasteiger charge is -2.27. The van der Waals surface area contributed by atoms with Gasteiger partial charge in [0.15, 0.2) is 0 Å². The monoisotopic (exact) mass is 423 g/mol. The quantitative estimate of drug-likeness (QED) is 0.455. The van der Waals surface area contributed by atoms with Gasteiger partial charge in [0, 0.05) is 29.2 Å². The minimum absolute atomic E-state index is 0.119. The maximum atomic E-state index is 12.8. The number of rotatable bonds is 5. The number of nitrogens with two attached hydrogens (primary N) is 1. The molecule has 0 aromatic heterocycles. The van der Waals surface area contributed by atoms with E-state index >= 15 is 0 Å². The molecule has 5 heteroatoms. The fourth-order valence-electron chi connectivity index (χ4n) is 3.79. The van der Waals surface area contributed by atoms with Crippen molar-refractivity contribution in [2.45, 2.75) is 13.8 Å². The van der Waals surface area contributed by atoms with Crippen LogP contribution in [0.2, 0.25) is 0 Å². The van der Waals surface area contributed by atoms with Crippen LogP contribution in [0.1, 0.15) is 19.4 Å². The molecule has 32 heavy (non-hydrogen) atoms. The number of anilines is 3. The first-order valence-electron chi connectivity index (χ1n) is 10.6. The Bertz CT molecular complexity index is 1160.